The van der Waals surface area contributed by atoms with Gasteiger partial charge in [0.25, 0.3) is 0 Å². The summed E-state index contributed by atoms with van der Waals surface area (Å²) in [6.07, 6.45) is 93.2. The Balaban J connectivity index is 3.92. The molecule has 0 aliphatic carbocycles. The SMILES string of the molecule is CCCCCCC/C=C\C/C=C\C/C=C\CCCCCCCCCCCCCCCCCCCCCCCCCCCCC(=O)OC(COC(=O)CCCCCCCCCC/C=C\C/C=C\C/C=C\CCCCCCC)COP(=O)(O)OCC[N+](C)(C)C. The van der Waals surface area contributed by atoms with Crippen LogP contribution in [-0.2, 0) is 32.7 Å². The highest BCUT2D eigenvalue weighted by atomic mass is 31.2. The quantitative estimate of drug-likeness (QED) is 0.0211. The van der Waals surface area contributed by atoms with Crippen LogP contribution in [0.4, 0.5) is 0 Å². The zero-order valence-electron chi connectivity index (χ0n) is 58.7. The number of hydrogen-bond acceptors (Lipinski definition) is 7. The molecule has 88 heavy (non-hydrogen) atoms. The normalized spacial score (nSPS) is 13.5. The molecule has 0 aromatic rings. The molecule has 0 saturated carbocycles. The summed E-state index contributed by atoms with van der Waals surface area (Å²) in [5.74, 6) is -0.791. The van der Waals surface area contributed by atoms with E-state index in [1.807, 2.05) is 21.1 Å². The number of allylic oxidation sites excluding steroid dienone is 12. The van der Waals surface area contributed by atoms with Crippen molar-refractivity contribution in [2.24, 2.45) is 0 Å². The minimum atomic E-state index is -4.40. The van der Waals surface area contributed by atoms with Gasteiger partial charge in [0.1, 0.15) is 19.8 Å². The second-order valence-corrected chi connectivity index (χ2v) is 28.1. The molecule has 9 nitrogen and oxygen atoms in total. The Morgan fingerprint density at radius 1 is 0.352 bits per heavy atom. The van der Waals surface area contributed by atoms with E-state index in [4.69, 9.17) is 18.5 Å². The first kappa shape index (κ1) is 85.5. The molecule has 0 bridgehead atoms. The lowest BCUT2D eigenvalue weighted by Crippen LogP contribution is -2.37. The van der Waals surface area contributed by atoms with Gasteiger partial charge in [-0.2, -0.15) is 0 Å². The van der Waals surface area contributed by atoms with Crippen molar-refractivity contribution >= 4 is 19.8 Å². The molecule has 10 heteroatoms. The Morgan fingerprint density at radius 3 is 0.909 bits per heavy atom. The molecular formula is C78H145NO8P+. The Bertz CT molecular complexity index is 1710. The minimum Gasteiger partial charge on any atom is -0.462 e. The van der Waals surface area contributed by atoms with Crippen LogP contribution in [0.15, 0.2) is 72.9 Å². The van der Waals surface area contributed by atoms with Gasteiger partial charge in [0, 0.05) is 12.8 Å². The van der Waals surface area contributed by atoms with Crippen LogP contribution >= 0.6 is 7.82 Å². The Labute approximate surface area is 546 Å². The number of nitrogens with zero attached hydrogens (tertiary/aromatic N) is 1. The van der Waals surface area contributed by atoms with Crippen LogP contribution in [0.5, 0.6) is 0 Å². The van der Waals surface area contributed by atoms with Crippen LogP contribution in [0.1, 0.15) is 361 Å². The minimum absolute atomic E-state index is 0.0303. The maximum atomic E-state index is 12.9. The first-order valence-electron chi connectivity index (χ1n) is 37.7. The van der Waals surface area contributed by atoms with E-state index < -0.39 is 26.5 Å². The van der Waals surface area contributed by atoms with Crippen molar-refractivity contribution in [1.29, 1.82) is 0 Å². The van der Waals surface area contributed by atoms with E-state index in [0.29, 0.717) is 17.4 Å². The Morgan fingerprint density at radius 2 is 0.614 bits per heavy atom. The van der Waals surface area contributed by atoms with E-state index >= 15 is 0 Å². The standard InChI is InChI=1S/C78H144NO8P/c1-6-8-10-12-14-16-18-20-22-24-26-28-30-31-32-33-34-35-36-37-38-39-40-41-42-43-44-45-46-47-49-51-53-55-57-59-61-63-65-67-69-71-78(81)87-76(75-86-88(82,83)85-73-72-79(3,4)5)74-84-77(80)70-68-66-64-62-60-58-56-54-52-50-48-29-27-25-23-21-19-17-15-13-11-9-7-2/h18-21,24-27,30-31,48,50,76H,6-17,22-23,28-29,32-47,49,51-75H2,1-5H3/p+1/b20-18-,21-19-,26-24-,27-25-,31-30-,50-48-. The molecule has 0 aromatic carbocycles. The molecule has 2 atom stereocenters. The lowest BCUT2D eigenvalue weighted by molar-refractivity contribution is -0.870. The molecule has 514 valence electrons. The van der Waals surface area contributed by atoms with Crippen molar-refractivity contribution in [2.75, 3.05) is 47.5 Å². The van der Waals surface area contributed by atoms with Crippen LogP contribution in [0.3, 0.4) is 0 Å². The number of phosphoric acid groups is 1. The monoisotopic (exact) mass is 1260 g/mol. The molecule has 0 aliphatic rings. The lowest BCUT2D eigenvalue weighted by Gasteiger charge is -2.24. The van der Waals surface area contributed by atoms with Crippen molar-refractivity contribution in [3.8, 4) is 0 Å². The number of esters is 2. The predicted molar refractivity (Wildman–Crippen MR) is 381 cm³/mol. The van der Waals surface area contributed by atoms with Gasteiger partial charge in [0.05, 0.1) is 27.7 Å². The number of quaternary nitrogens is 1. The Hall–Kier alpha value is -2.55. The molecule has 0 fully saturated rings. The zero-order valence-corrected chi connectivity index (χ0v) is 59.6. The van der Waals surface area contributed by atoms with Crippen molar-refractivity contribution in [3.63, 3.8) is 0 Å². The summed E-state index contributed by atoms with van der Waals surface area (Å²) in [6.45, 7) is 4.45. The van der Waals surface area contributed by atoms with Crippen molar-refractivity contribution in [1.82, 2.24) is 0 Å². The largest absolute Gasteiger partial charge is 0.472 e. The summed E-state index contributed by atoms with van der Waals surface area (Å²) in [7, 11) is 1.48. The van der Waals surface area contributed by atoms with Gasteiger partial charge >= 0.3 is 19.8 Å². The van der Waals surface area contributed by atoms with Crippen LogP contribution in [0.25, 0.3) is 0 Å². The van der Waals surface area contributed by atoms with E-state index in [9.17, 15) is 19.0 Å². The third-order valence-electron chi connectivity index (χ3n) is 16.7. The second kappa shape index (κ2) is 68.8. The molecule has 0 saturated heterocycles. The van der Waals surface area contributed by atoms with Gasteiger partial charge in [-0.3, -0.25) is 18.6 Å². The molecule has 0 aliphatic heterocycles. The molecule has 0 radical (unpaired) electrons. The fourth-order valence-electron chi connectivity index (χ4n) is 10.9. The van der Waals surface area contributed by atoms with Gasteiger partial charge in [-0.15, -0.1) is 0 Å². The van der Waals surface area contributed by atoms with Crippen LogP contribution < -0.4 is 0 Å². The molecule has 0 rings (SSSR count). The molecule has 0 aromatic heterocycles. The first-order chi connectivity index (χ1) is 43.0. The zero-order chi connectivity index (χ0) is 64.1. The maximum Gasteiger partial charge on any atom is 0.472 e. The number of ether oxygens (including phenoxy) is 2. The fraction of sp³-hybridized carbons (Fsp3) is 0.821. The first-order valence-corrected chi connectivity index (χ1v) is 39.2. The average Bonchev–Trinajstić information content (AvgIpc) is 3.58. The highest BCUT2D eigenvalue weighted by Crippen LogP contribution is 2.43. The number of carbonyl (C=O) groups excluding carboxylic acids is 2. The molecule has 0 spiro atoms. The highest BCUT2D eigenvalue weighted by Gasteiger charge is 2.27. The van der Waals surface area contributed by atoms with Gasteiger partial charge in [0.2, 0.25) is 0 Å². The smallest absolute Gasteiger partial charge is 0.462 e. The number of rotatable bonds is 70. The predicted octanol–water partition coefficient (Wildman–Crippen LogP) is 24.7. The highest BCUT2D eigenvalue weighted by molar-refractivity contribution is 7.47. The number of hydrogen-bond donors (Lipinski definition) is 1. The number of likely N-dealkylation sites (N-methyl/N-ethyl adjacent to an activating group) is 1. The van der Waals surface area contributed by atoms with E-state index in [-0.39, 0.29) is 32.0 Å². The van der Waals surface area contributed by atoms with Gasteiger partial charge in [0.15, 0.2) is 6.10 Å². The summed E-state index contributed by atoms with van der Waals surface area (Å²) < 4.78 is 34.7. The van der Waals surface area contributed by atoms with Crippen molar-refractivity contribution in [2.45, 2.75) is 367 Å². The summed E-state index contributed by atoms with van der Waals surface area (Å²) >= 11 is 0. The van der Waals surface area contributed by atoms with E-state index in [1.54, 1.807) is 0 Å². The molecule has 0 heterocycles. The molecule has 1 N–H and O–H groups in total. The third-order valence-corrected chi connectivity index (χ3v) is 17.7. The van der Waals surface area contributed by atoms with E-state index in [0.717, 1.165) is 70.6 Å². The second-order valence-electron chi connectivity index (χ2n) is 26.7. The summed E-state index contributed by atoms with van der Waals surface area (Å²) in [5.41, 5.74) is 0. The topological polar surface area (TPSA) is 108 Å². The van der Waals surface area contributed by atoms with Crippen LogP contribution in [-0.4, -0.2) is 74.9 Å². The third kappa shape index (κ3) is 72.5. The number of carbonyl (C=O) groups is 2. The van der Waals surface area contributed by atoms with Gasteiger partial charge < -0.3 is 18.9 Å². The summed E-state index contributed by atoms with van der Waals surface area (Å²) in [4.78, 5) is 35.9. The van der Waals surface area contributed by atoms with E-state index in [2.05, 4.69) is 86.8 Å². The lowest BCUT2D eigenvalue weighted by atomic mass is 10.0. The van der Waals surface area contributed by atoms with Crippen LogP contribution in [0.2, 0.25) is 0 Å². The summed E-state index contributed by atoms with van der Waals surface area (Å²) in [5, 5.41) is 0. The maximum absolute atomic E-state index is 12.9. The number of phosphoric ester groups is 1. The van der Waals surface area contributed by atoms with Crippen molar-refractivity contribution in [3.05, 3.63) is 72.9 Å². The van der Waals surface area contributed by atoms with Crippen molar-refractivity contribution < 1.29 is 42.1 Å². The van der Waals surface area contributed by atoms with E-state index in [1.165, 1.54) is 257 Å². The van der Waals surface area contributed by atoms with Gasteiger partial charge in [-0.25, -0.2) is 4.57 Å². The summed E-state index contributed by atoms with van der Waals surface area (Å²) in [6, 6.07) is 0. The number of unbranched alkanes of at least 4 members (excludes halogenated alkanes) is 44. The van der Waals surface area contributed by atoms with Crippen LogP contribution in [0, 0.1) is 0 Å². The average molecular weight is 1260 g/mol. The fourth-order valence-corrected chi connectivity index (χ4v) is 11.7. The molecular weight excluding hydrogens is 1110 g/mol. The molecule has 0 amide bonds. The van der Waals surface area contributed by atoms with Gasteiger partial charge in [-0.1, -0.05) is 331 Å². The van der Waals surface area contributed by atoms with Gasteiger partial charge in [-0.05, 0) is 89.9 Å². The molecule has 2 unspecified atom stereocenters. The Kier molecular flexibility index (Phi) is 66.8.